The SMILES string of the molecule is COc1ccc(CN(CC(=O)NC2CCCC2)C(=O)CCC(=O)Nc2ccccn2)cc1. The first kappa shape index (κ1) is 23.2. The van der Waals surface area contributed by atoms with Gasteiger partial charge in [-0.3, -0.25) is 14.4 Å². The van der Waals surface area contributed by atoms with Crippen molar-refractivity contribution >= 4 is 23.5 Å². The molecule has 1 aliphatic carbocycles. The van der Waals surface area contributed by atoms with Crippen LogP contribution in [0.2, 0.25) is 0 Å². The molecule has 2 N–H and O–H groups in total. The fourth-order valence-corrected chi connectivity index (χ4v) is 3.72. The summed E-state index contributed by atoms with van der Waals surface area (Å²) in [7, 11) is 1.59. The number of benzene rings is 1. The van der Waals surface area contributed by atoms with Gasteiger partial charge in [0.1, 0.15) is 11.6 Å². The number of rotatable bonds is 10. The van der Waals surface area contributed by atoms with Crippen molar-refractivity contribution in [3.63, 3.8) is 0 Å². The van der Waals surface area contributed by atoms with Gasteiger partial charge in [0.15, 0.2) is 0 Å². The molecule has 3 amide bonds. The summed E-state index contributed by atoms with van der Waals surface area (Å²) >= 11 is 0. The Labute approximate surface area is 188 Å². The number of hydrogen-bond donors (Lipinski definition) is 2. The second-order valence-electron chi connectivity index (χ2n) is 7.91. The smallest absolute Gasteiger partial charge is 0.239 e. The average Bonchev–Trinajstić information content (AvgIpc) is 3.31. The van der Waals surface area contributed by atoms with Crippen molar-refractivity contribution in [1.82, 2.24) is 15.2 Å². The first-order valence-corrected chi connectivity index (χ1v) is 10.9. The summed E-state index contributed by atoms with van der Waals surface area (Å²) in [6, 6.07) is 12.8. The van der Waals surface area contributed by atoms with Crippen LogP contribution >= 0.6 is 0 Å². The molecule has 0 aliphatic heterocycles. The molecule has 0 bridgehead atoms. The molecule has 0 spiro atoms. The fourth-order valence-electron chi connectivity index (χ4n) is 3.72. The Bertz CT molecular complexity index is 896. The van der Waals surface area contributed by atoms with E-state index < -0.39 is 0 Å². The van der Waals surface area contributed by atoms with E-state index in [1.54, 1.807) is 31.5 Å². The normalized spacial score (nSPS) is 13.4. The third kappa shape index (κ3) is 7.37. The highest BCUT2D eigenvalue weighted by molar-refractivity contribution is 5.93. The summed E-state index contributed by atoms with van der Waals surface area (Å²) < 4.78 is 5.18. The molecule has 3 rings (SSSR count). The molecule has 0 radical (unpaired) electrons. The second-order valence-corrected chi connectivity index (χ2v) is 7.91. The molecule has 8 heteroatoms. The monoisotopic (exact) mass is 438 g/mol. The highest BCUT2D eigenvalue weighted by atomic mass is 16.5. The summed E-state index contributed by atoms with van der Waals surface area (Å²) in [6.07, 6.45) is 5.79. The zero-order chi connectivity index (χ0) is 22.8. The molecule has 1 aromatic carbocycles. The number of hydrogen-bond acceptors (Lipinski definition) is 5. The van der Waals surface area contributed by atoms with Crippen molar-refractivity contribution in [2.75, 3.05) is 19.0 Å². The van der Waals surface area contributed by atoms with Crippen LogP contribution in [0.15, 0.2) is 48.7 Å². The largest absolute Gasteiger partial charge is 0.497 e. The zero-order valence-corrected chi connectivity index (χ0v) is 18.4. The lowest BCUT2D eigenvalue weighted by molar-refractivity contribution is -0.137. The molecule has 1 aromatic heterocycles. The van der Waals surface area contributed by atoms with Crippen molar-refractivity contribution in [2.45, 2.75) is 51.1 Å². The molecule has 1 aliphatic rings. The van der Waals surface area contributed by atoms with Gasteiger partial charge < -0.3 is 20.3 Å². The van der Waals surface area contributed by atoms with Gasteiger partial charge in [0, 0.05) is 31.6 Å². The van der Waals surface area contributed by atoms with Gasteiger partial charge in [0.25, 0.3) is 0 Å². The van der Waals surface area contributed by atoms with E-state index in [0.717, 1.165) is 37.0 Å². The van der Waals surface area contributed by atoms with Gasteiger partial charge in [0.05, 0.1) is 13.7 Å². The van der Waals surface area contributed by atoms with Crippen molar-refractivity contribution in [3.05, 3.63) is 54.2 Å². The number of nitrogens with zero attached hydrogens (tertiary/aromatic N) is 2. The maximum atomic E-state index is 12.9. The first-order valence-electron chi connectivity index (χ1n) is 10.9. The summed E-state index contributed by atoms with van der Waals surface area (Å²) in [5.41, 5.74) is 0.880. The molecule has 0 saturated heterocycles. The summed E-state index contributed by atoms with van der Waals surface area (Å²) in [5, 5.41) is 5.70. The maximum absolute atomic E-state index is 12.9. The van der Waals surface area contributed by atoms with E-state index in [4.69, 9.17) is 4.74 Å². The van der Waals surface area contributed by atoms with E-state index in [2.05, 4.69) is 15.6 Å². The zero-order valence-electron chi connectivity index (χ0n) is 18.4. The quantitative estimate of drug-likeness (QED) is 0.594. The van der Waals surface area contributed by atoms with Crippen LogP contribution in [0.4, 0.5) is 5.82 Å². The van der Waals surface area contributed by atoms with E-state index in [9.17, 15) is 14.4 Å². The van der Waals surface area contributed by atoms with Crippen LogP contribution in [-0.2, 0) is 20.9 Å². The molecule has 8 nitrogen and oxygen atoms in total. The van der Waals surface area contributed by atoms with E-state index in [1.807, 2.05) is 24.3 Å². The topological polar surface area (TPSA) is 101 Å². The molecule has 2 aromatic rings. The molecule has 32 heavy (non-hydrogen) atoms. The van der Waals surface area contributed by atoms with E-state index in [-0.39, 0.29) is 49.7 Å². The number of ether oxygens (including phenoxy) is 1. The Hall–Kier alpha value is -3.42. The number of amides is 3. The lowest BCUT2D eigenvalue weighted by atomic mass is 10.1. The fraction of sp³-hybridized carbons (Fsp3) is 0.417. The summed E-state index contributed by atoms with van der Waals surface area (Å²) in [4.78, 5) is 43.3. The summed E-state index contributed by atoms with van der Waals surface area (Å²) in [6.45, 7) is 0.242. The number of carbonyl (C=O) groups excluding carboxylic acids is 3. The van der Waals surface area contributed by atoms with Gasteiger partial charge in [0.2, 0.25) is 17.7 Å². The van der Waals surface area contributed by atoms with Crippen LogP contribution < -0.4 is 15.4 Å². The Balaban J connectivity index is 1.59. The highest BCUT2D eigenvalue weighted by Gasteiger charge is 2.22. The number of nitrogens with one attached hydrogen (secondary N) is 2. The number of methoxy groups -OCH3 is 1. The molecular weight excluding hydrogens is 408 g/mol. The van der Waals surface area contributed by atoms with Gasteiger partial charge in [-0.15, -0.1) is 0 Å². The minimum atomic E-state index is -0.295. The molecule has 0 unspecified atom stereocenters. The van der Waals surface area contributed by atoms with Crippen LogP contribution in [0.1, 0.15) is 44.1 Å². The minimum Gasteiger partial charge on any atom is -0.497 e. The van der Waals surface area contributed by atoms with Crippen molar-refractivity contribution in [1.29, 1.82) is 0 Å². The molecule has 1 fully saturated rings. The standard InChI is InChI=1S/C24H30N4O4/c1-32-20-11-9-18(10-12-20)16-28(17-23(30)26-19-6-2-3-7-19)24(31)14-13-22(29)27-21-8-4-5-15-25-21/h4-5,8-12,15,19H,2-3,6-7,13-14,16-17H2,1H3,(H,26,30)(H,25,27,29). The van der Waals surface area contributed by atoms with Crippen molar-refractivity contribution in [2.24, 2.45) is 0 Å². The number of carbonyl (C=O) groups is 3. The number of anilines is 1. The van der Waals surface area contributed by atoms with Crippen molar-refractivity contribution < 1.29 is 19.1 Å². The van der Waals surface area contributed by atoms with E-state index in [1.165, 1.54) is 4.90 Å². The van der Waals surface area contributed by atoms with Gasteiger partial charge in [-0.05, 0) is 42.7 Å². The van der Waals surface area contributed by atoms with Crippen LogP contribution in [-0.4, -0.2) is 47.3 Å². The lowest BCUT2D eigenvalue weighted by Crippen LogP contribution is -2.43. The van der Waals surface area contributed by atoms with Gasteiger partial charge in [-0.25, -0.2) is 4.98 Å². The number of pyridine rings is 1. The molecule has 170 valence electrons. The lowest BCUT2D eigenvalue weighted by Gasteiger charge is -2.23. The Morgan fingerprint density at radius 2 is 1.78 bits per heavy atom. The van der Waals surface area contributed by atoms with Crippen LogP contribution in [0, 0.1) is 0 Å². The molecule has 1 saturated carbocycles. The maximum Gasteiger partial charge on any atom is 0.239 e. The molecule has 0 atom stereocenters. The Kier molecular flexibility index (Phi) is 8.60. The predicted octanol–water partition coefficient (Wildman–Crippen LogP) is 2.90. The first-order chi connectivity index (χ1) is 15.5. The number of aromatic nitrogens is 1. The van der Waals surface area contributed by atoms with Gasteiger partial charge in [-0.1, -0.05) is 31.0 Å². The van der Waals surface area contributed by atoms with Crippen LogP contribution in [0.3, 0.4) is 0 Å². The van der Waals surface area contributed by atoms with E-state index >= 15 is 0 Å². The second kappa shape index (κ2) is 11.8. The Morgan fingerprint density at radius 1 is 1.03 bits per heavy atom. The van der Waals surface area contributed by atoms with Gasteiger partial charge in [-0.2, -0.15) is 0 Å². The third-order valence-electron chi connectivity index (χ3n) is 5.44. The van der Waals surface area contributed by atoms with Crippen LogP contribution in [0.5, 0.6) is 5.75 Å². The van der Waals surface area contributed by atoms with Crippen molar-refractivity contribution in [3.8, 4) is 5.75 Å². The highest BCUT2D eigenvalue weighted by Crippen LogP contribution is 2.18. The predicted molar refractivity (Wildman–Crippen MR) is 121 cm³/mol. The minimum absolute atomic E-state index is 0.00549. The molecular formula is C24H30N4O4. The summed E-state index contributed by atoms with van der Waals surface area (Å²) in [5.74, 6) is 0.444. The van der Waals surface area contributed by atoms with Gasteiger partial charge >= 0.3 is 0 Å². The average molecular weight is 439 g/mol. The van der Waals surface area contributed by atoms with E-state index in [0.29, 0.717) is 5.82 Å². The molecule has 1 heterocycles. The van der Waals surface area contributed by atoms with Crippen LogP contribution in [0.25, 0.3) is 0 Å². The Morgan fingerprint density at radius 3 is 2.44 bits per heavy atom. The third-order valence-corrected chi connectivity index (χ3v) is 5.44.